The van der Waals surface area contributed by atoms with Crippen LogP contribution in [0.15, 0.2) is 24.3 Å². The molecule has 0 amide bonds. The fraction of sp³-hybridized carbons (Fsp3) is 0.500. The summed E-state index contributed by atoms with van der Waals surface area (Å²) in [5, 5.41) is 10.7. The van der Waals surface area contributed by atoms with Gasteiger partial charge in [0, 0.05) is 19.2 Å². The Kier molecular flexibility index (Phi) is 5.70. The van der Waals surface area contributed by atoms with Gasteiger partial charge in [0.15, 0.2) is 12.4 Å². The normalized spacial score (nSPS) is 25.4. The van der Waals surface area contributed by atoms with E-state index < -0.39 is 34.7 Å². The molecule has 1 saturated heterocycles. The van der Waals surface area contributed by atoms with E-state index in [1.54, 1.807) is 6.92 Å². The van der Waals surface area contributed by atoms with Crippen molar-refractivity contribution in [3.8, 4) is 0 Å². The Labute approximate surface area is 144 Å². The molecular formula is C16H19NO8. The number of carbonyl (C=O) groups is 2. The monoisotopic (exact) mass is 353 g/mol. The first-order valence-electron chi connectivity index (χ1n) is 7.58. The molecule has 0 aromatic heterocycles. The van der Waals surface area contributed by atoms with Crippen LogP contribution in [-0.4, -0.2) is 50.1 Å². The minimum Gasteiger partial charge on any atom is -0.468 e. The minimum absolute atomic E-state index is 0.00706. The third kappa shape index (κ3) is 3.47. The summed E-state index contributed by atoms with van der Waals surface area (Å²) in [6.07, 6.45) is -1.60. The number of nitrogens with zero attached hydrogens (tertiary/aromatic N) is 1. The van der Waals surface area contributed by atoms with Gasteiger partial charge in [-0.1, -0.05) is 6.92 Å². The number of non-ortho nitro benzene ring substituents is 1. The first-order valence-corrected chi connectivity index (χ1v) is 7.58. The SMILES string of the molecule is CC[C@@]1(C(=O)OC)CO[C@@H](OC)[C@@H]1OC(=O)c1ccc([N+](=O)[O-])cc1. The molecule has 0 bridgehead atoms. The summed E-state index contributed by atoms with van der Waals surface area (Å²) in [5.74, 6) is -1.30. The molecule has 0 aliphatic carbocycles. The number of nitro groups is 1. The summed E-state index contributed by atoms with van der Waals surface area (Å²) >= 11 is 0. The van der Waals surface area contributed by atoms with Gasteiger partial charge in [0.1, 0.15) is 5.41 Å². The highest BCUT2D eigenvalue weighted by atomic mass is 16.7. The van der Waals surface area contributed by atoms with Crippen LogP contribution in [-0.2, 0) is 23.7 Å². The van der Waals surface area contributed by atoms with Crippen LogP contribution in [0.4, 0.5) is 5.69 Å². The summed E-state index contributed by atoms with van der Waals surface area (Å²) in [5.41, 5.74) is -1.21. The molecule has 0 N–H and O–H groups in total. The Balaban J connectivity index is 2.25. The lowest BCUT2D eigenvalue weighted by atomic mass is 9.81. The first-order chi connectivity index (χ1) is 11.9. The zero-order chi connectivity index (χ0) is 18.6. The number of benzene rings is 1. The molecule has 2 rings (SSSR count). The fourth-order valence-corrected chi connectivity index (χ4v) is 2.75. The smallest absolute Gasteiger partial charge is 0.338 e. The highest BCUT2D eigenvalue weighted by Crippen LogP contribution is 2.40. The van der Waals surface area contributed by atoms with E-state index in [4.69, 9.17) is 18.9 Å². The van der Waals surface area contributed by atoms with E-state index in [1.807, 2.05) is 0 Å². The number of methoxy groups -OCH3 is 2. The highest BCUT2D eigenvalue weighted by molar-refractivity contribution is 5.90. The zero-order valence-electron chi connectivity index (χ0n) is 14.1. The van der Waals surface area contributed by atoms with Crippen molar-refractivity contribution >= 4 is 17.6 Å². The summed E-state index contributed by atoms with van der Waals surface area (Å²) < 4.78 is 20.9. The number of nitro benzene ring substituents is 1. The van der Waals surface area contributed by atoms with Gasteiger partial charge in [0.05, 0.1) is 24.2 Å². The number of ether oxygens (including phenoxy) is 4. The summed E-state index contributed by atoms with van der Waals surface area (Å²) in [6, 6.07) is 4.96. The molecule has 9 heteroatoms. The van der Waals surface area contributed by atoms with Crippen LogP contribution in [0.2, 0.25) is 0 Å². The van der Waals surface area contributed by atoms with E-state index in [9.17, 15) is 19.7 Å². The van der Waals surface area contributed by atoms with Crippen molar-refractivity contribution in [1.29, 1.82) is 0 Å². The minimum atomic E-state index is -1.17. The first kappa shape index (κ1) is 18.8. The van der Waals surface area contributed by atoms with Gasteiger partial charge in [0.25, 0.3) is 5.69 Å². The second kappa shape index (κ2) is 7.58. The molecule has 1 aliphatic rings. The van der Waals surface area contributed by atoms with Crippen molar-refractivity contribution in [2.24, 2.45) is 5.41 Å². The molecule has 1 aliphatic heterocycles. The Hall–Kier alpha value is -2.52. The molecule has 0 spiro atoms. The molecule has 25 heavy (non-hydrogen) atoms. The number of esters is 2. The summed E-state index contributed by atoms with van der Waals surface area (Å²) in [6.45, 7) is 1.75. The molecule has 3 atom stereocenters. The van der Waals surface area contributed by atoms with E-state index in [2.05, 4.69) is 0 Å². The third-order valence-corrected chi connectivity index (χ3v) is 4.30. The predicted octanol–water partition coefficient (Wildman–Crippen LogP) is 1.69. The van der Waals surface area contributed by atoms with Crippen LogP contribution in [0.3, 0.4) is 0 Å². The lowest BCUT2D eigenvalue weighted by Crippen LogP contribution is -2.47. The average molecular weight is 353 g/mol. The van der Waals surface area contributed by atoms with E-state index in [-0.39, 0.29) is 17.9 Å². The van der Waals surface area contributed by atoms with Gasteiger partial charge >= 0.3 is 11.9 Å². The molecule has 0 radical (unpaired) electrons. The molecule has 1 aromatic rings. The van der Waals surface area contributed by atoms with Crippen molar-refractivity contribution in [2.45, 2.75) is 25.7 Å². The van der Waals surface area contributed by atoms with E-state index >= 15 is 0 Å². The second-order valence-electron chi connectivity index (χ2n) is 5.55. The van der Waals surface area contributed by atoms with Crippen molar-refractivity contribution in [3.63, 3.8) is 0 Å². The van der Waals surface area contributed by atoms with Gasteiger partial charge in [0.2, 0.25) is 0 Å². The fourth-order valence-electron chi connectivity index (χ4n) is 2.75. The lowest BCUT2D eigenvalue weighted by Gasteiger charge is -2.30. The van der Waals surface area contributed by atoms with Crippen molar-refractivity contribution in [1.82, 2.24) is 0 Å². The molecule has 1 heterocycles. The maximum Gasteiger partial charge on any atom is 0.338 e. The Morgan fingerprint density at radius 2 is 1.96 bits per heavy atom. The van der Waals surface area contributed by atoms with Crippen LogP contribution < -0.4 is 0 Å². The summed E-state index contributed by atoms with van der Waals surface area (Å²) in [7, 11) is 2.62. The third-order valence-electron chi connectivity index (χ3n) is 4.30. The Morgan fingerprint density at radius 1 is 1.32 bits per heavy atom. The predicted molar refractivity (Wildman–Crippen MR) is 83.8 cm³/mol. The maximum atomic E-state index is 12.4. The molecular weight excluding hydrogens is 334 g/mol. The highest BCUT2D eigenvalue weighted by Gasteiger charge is 2.57. The second-order valence-corrected chi connectivity index (χ2v) is 5.55. The van der Waals surface area contributed by atoms with Crippen molar-refractivity contribution < 1.29 is 33.5 Å². The van der Waals surface area contributed by atoms with E-state index in [0.717, 1.165) is 0 Å². The summed E-state index contributed by atoms with van der Waals surface area (Å²) in [4.78, 5) is 34.8. The van der Waals surface area contributed by atoms with Crippen molar-refractivity contribution in [2.75, 3.05) is 20.8 Å². The largest absolute Gasteiger partial charge is 0.468 e. The number of hydrogen-bond donors (Lipinski definition) is 0. The van der Waals surface area contributed by atoms with Crippen molar-refractivity contribution in [3.05, 3.63) is 39.9 Å². The van der Waals surface area contributed by atoms with Gasteiger partial charge in [-0.15, -0.1) is 0 Å². The number of rotatable bonds is 6. The van der Waals surface area contributed by atoms with Crippen LogP contribution in [0.25, 0.3) is 0 Å². The molecule has 1 aromatic carbocycles. The number of hydrogen-bond acceptors (Lipinski definition) is 8. The average Bonchev–Trinajstić information content (AvgIpc) is 2.99. The molecule has 1 fully saturated rings. The van der Waals surface area contributed by atoms with E-state index in [1.165, 1.54) is 38.5 Å². The van der Waals surface area contributed by atoms with Crippen LogP contribution in [0.5, 0.6) is 0 Å². The molecule has 0 unspecified atom stereocenters. The molecule has 9 nitrogen and oxygen atoms in total. The Bertz CT molecular complexity index is 659. The quantitative estimate of drug-likeness (QED) is 0.431. The number of carbonyl (C=O) groups excluding carboxylic acids is 2. The maximum absolute atomic E-state index is 12.4. The molecule has 0 saturated carbocycles. The van der Waals surface area contributed by atoms with Gasteiger partial charge in [-0.2, -0.15) is 0 Å². The van der Waals surface area contributed by atoms with Crippen LogP contribution >= 0.6 is 0 Å². The van der Waals surface area contributed by atoms with Gasteiger partial charge in [-0.3, -0.25) is 14.9 Å². The van der Waals surface area contributed by atoms with Crippen LogP contribution in [0, 0.1) is 15.5 Å². The Morgan fingerprint density at radius 3 is 2.44 bits per heavy atom. The zero-order valence-corrected chi connectivity index (χ0v) is 14.1. The topological polar surface area (TPSA) is 114 Å². The van der Waals surface area contributed by atoms with Gasteiger partial charge in [-0.25, -0.2) is 4.79 Å². The molecule has 136 valence electrons. The van der Waals surface area contributed by atoms with Crippen LogP contribution in [0.1, 0.15) is 23.7 Å². The van der Waals surface area contributed by atoms with Gasteiger partial charge < -0.3 is 18.9 Å². The lowest BCUT2D eigenvalue weighted by molar-refractivity contribution is -0.384. The van der Waals surface area contributed by atoms with Gasteiger partial charge in [-0.05, 0) is 18.6 Å². The van der Waals surface area contributed by atoms with E-state index in [0.29, 0.717) is 6.42 Å². The standard InChI is InChI=1S/C16H19NO8/c1-4-16(15(19)23-3)9-24-14(22-2)12(16)25-13(18)10-5-7-11(8-6-10)17(20)21/h5-8,12,14H,4,9H2,1-3H3/t12-,14+,16+/m0/s1.